The summed E-state index contributed by atoms with van der Waals surface area (Å²) in [6, 6.07) is 9.87. The maximum absolute atomic E-state index is 10.2. The number of pyridine rings is 1. The first kappa shape index (κ1) is 17.6. The van der Waals surface area contributed by atoms with E-state index in [0.29, 0.717) is 25.5 Å². The first-order valence-corrected chi connectivity index (χ1v) is 8.34. The summed E-state index contributed by atoms with van der Waals surface area (Å²) in [6.45, 7) is 3.67. The summed E-state index contributed by atoms with van der Waals surface area (Å²) >= 11 is 0. The molecule has 1 aromatic heterocycles. The molecule has 1 aliphatic rings. The minimum absolute atomic E-state index is 0.114. The average molecular weight is 343 g/mol. The molecule has 0 amide bonds. The van der Waals surface area contributed by atoms with Gasteiger partial charge in [0.1, 0.15) is 17.9 Å². The number of hydrogen-bond donors (Lipinski definition) is 5. The Hall–Kier alpha value is -2.19. The number of nitrogens with zero attached hydrogens (tertiary/aromatic N) is 1. The molecule has 6 N–H and O–H groups in total. The summed E-state index contributed by atoms with van der Waals surface area (Å²) < 4.78 is 5.05. The molecule has 7 heteroatoms. The van der Waals surface area contributed by atoms with Crippen LogP contribution in [0.1, 0.15) is 22.9 Å². The highest BCUT2D eigenvalue weighted by atomic mass is 16.5. The molecule has 3 rings (SSSR count). The fourth-order valence-corrected chi connectivity index (χ4v) is 2.92. The van der Waals surface area contributed by atoms with Crippen molar-refractivity contribution in [2.45, 2.75) is 25.7 Å². The van der Waals surface area contributed by atoms with Crippen LogP contribution < -0.4 is 21.7 Å². The van der Waals surface area contributed by atoms with E-state index in [-0.39, 0.29) is 6.04 Å². The van der Waals surface area contributed by atoms with Crippen molar-refractivity contribution in [1.29, 1.82) is 0 Å². The Morgan fingerprint density at radius 3 is 3.04 bits per heavy atom. The van der Waals surface area contributed by atoms with Crippen LogP contribution in [0.15, 0.2) is 30.3 Å². The second kappa shape index (κ2) is 7.79. The number of aromatic nitrogens is 1. The predicted molar refractivity (Wildman–Crippen MR) is 98.8 cm³/mol. The molecule has 0 bridgehead atoms. The van der Waals surface area contributed by atoms with Crippen LogP contribution in [0, 0.1) is 6.92 Å². The highest BCUT2D eigenvalue weighted by Crippen LogP contribution is 2.33. The molecular weight excluding hydrogens is 318 g/mol. The molecule has 2 atom stereocenters. The van der Waals surface area contributed by atoms with Crippen molar-refractivity contribution in [3.8, 4) is 0 Å². The maximum atomic E-state index is 10.2. The van der Waals surface area contributed by atoms with Crippen molar-refractivity contribution in [3.05, 3.63) is 47.0 Å². The van der Waals surface area contributed by atoms with Gasteiger partial charge in [-0.25, -0.2) is 4.98 Å². The van der Waals surface area contributed by atoms with Crippen LogP contribution in [0.4, 0.5) is 17.3 Å². The van der Waals surface area contributed by atoms with Crippen LogP contribution in [0.2, 0.25) is 0 Å². The lowest BCUT2D eigenvalue weighted by Crippen LogP contribution is -2.33. The van der Waals surface area contributed by atoms with Crippen molar-refractivity contribution in [2.75, 3.05) is 30.9 Å². The summed E-state index contributed by atoms with van der Waals surface area (Å²) in [5.41, 5.74) is 9.85. The number of ether oxygens (including phenoxy) is 1. The van der Waals surface area contributed by atoms with Gasteiger partial charge in [0.2, 0.25) is 0 Å². The van der Waals surface area contributed by atoms with Gasteiger partial charge in [0, 0.05) is 37.5 Å². The van der Waals surface area contributed by atoms with Crippen molar-refractivity contribution in [3.63, 3.8) is 0 Å². The molecule has 134 valence electrons. The van der Waals surface area contributed by atoms with E-state index >= 15 is 0 Å². The number of aliphatic hydroxyl groups is 1. The Bertz CT molecular complexity index is 737. The SMILES string of the molecule is COCC(N)CNc1cc2c(c(Nc3cccc(C)c3)n1)C(O)NC2. The second-order valence-electron chi connectivity index (χ2n) is 6.30. The van der Waals surface area contributed by atoms with Gasteiger partial charge in [0.05, 0.1) is 6.61 Å². The average Bonchev–Trinajstić information content (AvgIpc) is 2.95. The Labute approximate surface area is 147 Å². The molecule has 2 heterocycles. The molecule has 1 aromatic carbocycles. The highest BCUT2D eigenvalue weighted by molar-refractivity contribution is 5.65. The van der Waals surface area contributed by atoms with Gasteiger partial charge in [-0.05, 0) is 36.2 Å². The van der Waals surface area contributed by atoms with Crippen molar-refractivity contribution in [1.82, 2.24) is 10.3 Å². The standard InChI is InChI=1S/C18H25N5O2/c1-11-4-3-5-14(6-11)22-17-16-12(8-21-18(16)24)7-15(23-17)20-9-13(19)10-25-2/h3-7,13,18,21,24H,8-10,19H2,1-2H3,(H2,20,22,23). The predicted octanol–water partition coefficient (Wildman–Crippen LogP) is 1.61. The first-order valence-electron chi connectivity index (χ1n) is 8.34. The van der Waals surface area contributed by atoms with Gasteiger partial charge < -0.3 is 26.2 Å². The third-order valence-electron chi connectivity index (χ3n) is 4.11. The minimum Gasteiger partial charge on any atom is -0.383 e. The smallest absolute Gasteiger partial charge is 0.140 e. The van der Waals surface area contributed by atoms with Crippen LogP contribution in [0.25, 0.3) is 0 Å². The van der Waals surface area contributed by atoms with E-state index in [1.807, 2.05) is 37.3 Å². The first-order chi connectivity index (χ1) is 12.1. The third kappa shape index (κ3) is 4.26. The largest absolute Gasteiger partial charge is 0.383 e. The Morgan fingerprint density at radius 2 is 2.28 bits per heavy atom. The normalized spacial score (nSPS) is 17.2. The quantitative estimate of drug-likeness (QED) is 0.520. The summed E-state index contributed by atoms with van der Waals surface area (Å²) in [7, 11) is 1.63. The van der Waals surface area contributed by atoms with Gasteiger partial charge in [-0.15, -0.1) is 0 Å². The molecular formula is C18H25N5O2. The number of nitrogens with one attached hydrogen (secondary N) is 3. The summed E-state index contributed by atoms with van der Waals surface area (Å²) in [4.78, 5) is 4.63. The number of nitrogens with two attached hydrogens (primary N) is 1. The molecule has 25 heavy (non-hydrogen) atoms. The number of rotatable bonds is 7. The summed E-state index contributed by atoms with van der Waals surface area (Å²) in [6.07, 6.45) is -0.723. The topological polar surface area (TPSA) is 104 Å². The van der Waals surface area contributed by atoms with Crippen molar-refractivity contribution < 1.29 is 9.84 Å². The third-order valence-corrected chi connectivity index (χ3v) is 4.11. The van der Waals surface area contributed by atoms with Gasteiger partial charge in [0.15, 0.2) is 0 Å². The van der Waals surface area contributed by atoms with Gasteiger partial charge in [-0.2, -0.15) is 0 Å². The fraction of sp³-hybridized carbons (Fsp3) is 0.389. The van der Waals surface area contributed by atoms with Crippen LogP contribution >= 0.6 is 0 Å². The van der Waals surface area contributed by atoms with Gasteiger partial charge in [0.25, 0.3) is 0 Å². The van der Waals surface area contributed by atoms with E-state index in [1.165, 1.54) is 0 Å². The molecule has 1 aliphatic heterocycles. The zero-order valence-corrected chi connectivity index (χ0v) is 14.5. The molecule has 2 unspecified atom stereocenters. The molecule has 0 saturated heterocycles. The molecule has 2 aromatic rings. The van der Waals surface area contributed by atoms with Crippen LogP contribution in [0.5, 0.6) is 0 Å². The summed E-state index contributed by atoms with van der Waals surface area (Å²) in [5, 5.41) is 19.8. The van der Waals surface area contributed by atoms with Crippen LogP contribution in [0.3, 0.4) is 0 Å². The van der Waals surface area contributed by atoms with E-state index < -0.39 is 6.23 Å². The van der Waals surface area contributed by atoms with Crippen molar-refractivity contribution in [2.24, 2.45) is 5.73 Å². The molecule has 7 nitrogen and oxygen atoms in total. The number of fused-ring (bicyclic) bond motifs is 1. The molecule has 0 aliphatic carbocycles. The fourth-order valence-electron chi connectivity index (χ4n) is 2.92. The Kier molecular flexibility index (Phi) is 5.50. The zero-order valence-electron chi connectivity index (χ0n) is 14.5. The lowest BCUT2D eigenvalue weighted by molar-refractivity contribution is 0.152. The second-order valence-corrected chi connectivity index (χ2v) is 6.30. The number of benzene rings is 1. The number of hydrogen-bond acceptors (Lipinski definition) is 7. The number of aryl methyl sites for hydroxylation is 1. The van der Waals surface area contributed by atoms with Gasteiger partial charge in [-0.1, -0.05) is 12.1 Å². The lowest BCUT2D eigenvalue weighted by atomic mass is 10.1. The Morgan fingerprint density at radius 1 is 1.44 bits per heavy atom. The number of anilines is 3. The lowest BCUT2D eigenvalue weighted by Gasteiger charge is -2.17. The molecule has 0 fully saturated rings. The van der Waals surface area contributed by atoms with Crippen LogP contribution in [-0.4, -0.2) is 36.4 Å². The van der Waals surface area contributed by atoms with Gasteiger partial charge >= 0.3 is 0 Å². The van der Waals surface area contributed by atoms with Crippen LogP contribution in [-0.2, 0) is 11.3 Å². The maximum Gasteiger partial charge on any atom is 0.140 e. The van der Waals surface area contributed by atoms with E-state index in [9.17, 15) is 5.11 Å². The van der Waals surface area contributed by atoms with E-state index in [1.54, 1.807) is 7.11 Å². The molecule has 0 saturated carbocycles. The number of methoxy groups -OCH3 is 1. The van der Waals surface area contributed by atoms with Gasteiger partial charge in [-0.3, -0.25) is 5.32 Å². The molecule has 0 radical (unpaired) electrons. The van der Waals surface area contributed by atoms with E-state index in [2.05, 4.69) is 20.9 Å². The monoisotopic (exact) mass is 343 g/mol. The highest BCUT2D eigenvalue weighted by Gasteiger charge is 2.25. The van der Waals surface area contributed by atoms with Crippen molar-refractivity contribution >= 4 is 17.3 Å². The minimum atomic E-state index is -0.723. The summed E-state index contributed by atoms with van der Waals surface area (Å²) in [5.74, 6) is 1.36. The Balaban J connectivity index is 1.85. The molecule has 0 spiro atoms. The van der Waals surface area contributed by atoms with E-state index in [0.717, 1.165) is 28.2 Å². The zero-order chi connectivity index (χ0) is 17.8. The van der Waals surface area contributed by atoms with E-state index in [4.69, 9.17) is 10.5 Å². The number of aliphatic hydroxyl groups excluding tert-OH is 1.